The lowest BCUT2D eigenvalue weighted by Crippen LogP contribution is -2.25. The van der Waals surface area contributed by atoms with Gasteiger partial charge in [0.25, 0.3) is 0 Å². The molecule has 0 radical (unpaired) electrons. The molecule has 1 aromatic heterocycles. The summed E-state index contributed by atoms with van der Waals surface area (Å²) in [4.78, 5) is 0. The Morgan fingerprint density at radius 3 is 2.84 bits per heavy atom. The number of aromatic nitrogens is 2. The van der Waals surface area contributed by atoms with Gasteiger partial charge in [-0.05, 0) is 28.5 Å². The van der Waals surface area contributed by atoms with Crippen LogP contribution in [0.1, 0.15) is 24.2 Å². The molecule has 0 saturated heterocycles. The lowest BCUT2D eigenvalue weighted by Gasteiger charge is -2.20. The number of hydrogen-bond donors (Lipinski definition) is 1. The molecule has 0 saturated carbocycles. The number of nitrogens with zero attached hydrogens (tertiary/aromatic N) is 2. The van der Waals surface area contributed by atoms with Crippen LogP contribution in [0.25, 0.3) is 0 Å². The van der Waals surface area contributed by atoms with E-state index in [4.69, 9.17) is 11.6 Å². The molecular formula is C13H14BrClFN3. The number of hydrogen-bond acceptors (Lipinski definition) is 2. The average molecular weight is 347 g/mol. The van der Waals surface area contributed by atoms with Gasteiger partial charge in [-0.2, -0.15) is 5.10 Å². The van der Waals surface area contributed by atoms with Crippen molar-refractivity contribution in [3.8, 4) is 0 Å². The molecule has 0 aliphatic rings. The molecule has 0 fully saturated rings. The minimum Gasteiger partial charge on any atom is -0.305 e. The van der Waals surface area contributed by atoms with Crippen molar-refractivity contribution in [2.75, 3.05) is 6.54 Å². The van der Waals surface area contributed by atoms with Crippen LogP contribution in [0, 0.1) is 5.82 Å². The van der Waals surface area contributed by atoms with E-state index in [0.29, 0.717) is 21.6 Å². The van der Waals surface area contributed by atoms with Crippen molar-refractivity contribution in [2.45, 2.75) is 13.0 Å². The zero-order valence-corrected chi connectivity index (χ0v) is 13.0. The van der Waals surface area contributed by atoms with E-state index in [9.17, 15) is 4.39 Å². The van der Waals surface area contributed by atoms with Crippen molar-refractivity contribution >= 4 is 27.5 Å². The van der Waals surface area contributed by atoms with Crippen LogP contribution in [0.5, 0.6) is 0 Å². The Labute approximate surface area is 124 Å². The fraction of sp³-hybridized carbons (Fsp3) is 0.308. The number of benzene rings is 1. The van der Waals surface area contributed by atoms with E-state index in [0.717, 1.165) is 5.69 Å². The highest BCUT2D eigenvalue weighted by molar-refractivity contribution is 9.10. The largest absolute Gasteiger partial charge is 0.305 e. The maximum absolute atomic E-state index is 14.3. The van der Waals surface area contributed by atoms with Gasteiger partial charge in [0, 0.05) is 12.6 Å². The Morgan fingerprint density at radius 1 is 1.53 bits per heavy atom. The first-order valence-corrected chi connectivity index (χ1v) is 7.08. The minimum atomic E-state index is -0.331. The zero-order chi connectivity index (χ0) is 14.0. The molecule has 2 aromatic rings. The summed E-state index contributed by atoms with van der Waals surface area (Å²) in [6, 6.07) is 4.89. The first-order chi connectivity index (χ1) is 9.06. The maximum atomic E-state index is 14.3. The highest BCUT2D eigenvalue weighted by Gasteiger charge is 2.23. The minimum absolute atomic E-state index is 0.286. The predicted molar refractivity (Wildman–Crippen MR) is 77.8 cm³/mol. The van der Waals surface area contributed by atoms with Gasteiger partial charge in [-0.15, -0.1) is 0 Å². The molecule has 19 heavy (non-hydrogen) atoms. The molecule has 0 bridgehead atoms. The van der Waals surface area contributed by atoms with Gasteiger partial charge in [-0.3, -0.25) is 4.68 Å². The number of rotatable bonds is 4. The molecule has 1 heterocycles. The fourth-order valence-corrected chi connectivity index (χ4v) is 2.70. The molecule has 1 N–H and O–H groups in total. The van der Waals surface area contributed by atoms with E-state index in [1.807, 2.05) is 6.92 Å². The normalized spacial score (nSPS) is 12.7. The van der Waals surface area contributed by atoms with E-state index in [-0.39, 0.29) is 11.9 Å². The molecule has 1 unspecified atom stereocenters. The van der Waals surface area contributed by atoms with Gasteiger partial charge in [0.1, 0.15) is 5.82 Å². The Bertz CT molecular complexity index is 566. The Kier molecular flexibility index (Phi) is 4.60. The van der Waals surface area contributed by atoms with Crippen molar-refractivity contribution in [1.29, 1.82) is 0 Å². The number of nitrogens with one attached hydrogen (secondary N) is 1. The summed E-state index contributed by atoms with van der Waals surface area (Å²) >= 11 is 9.37. The van der Waals surface area contributed by atoms with E-state index in [2.05, 4.69) is 26.3 Å². The Morgan fingerprint density at radius 2 is 2.26 bits per heavy atom. The average Bonchev–Trinajstić information content (AvgIpc) is 2.70. The summed E-state index contributed by atoms with van der Waals surface area (Å²) in [5, 5.41) is 7.87. The fourth-order valence-electron chi connectivity index (χ4n) is 2.05. The molecule has 1 atom stereocenters. The van der Waals surface area contributed by atoms with E-state index in [1.165, 1.54) is 0 Å². The van der Waals surface area contributed by atoms with E-state index >= 15 is 0 Å². The third kappa shape index (κ3) is 2.83. The van der Waals surface area contributed by atoms with Crippen LogP contribution in [-0.2, 0) is 7.05 Å². The summed E-state index contributed by atoms with van der Waals surface area (Å²) in [7, 11) is 1.79. The molecule has 0 aliphatic carbocycles. The van der Waals surface area contributed by atoms with Crippen LogP contribution in [0.4, 0.5) is 4.39 Å². The second-order valence-electron chi connectivity index (χ2n) is 4.14. The molecule has 3 nitrogen and oxygen atoms in total. The van der Waals surface area contributed by atoms with Crippen molar-refractivity contribution in [2.24, 2.45) is 7.05 Å². The molecule has 102 valence electrons. The summed E-state index contributed by atoms with van der Waals surface area (Å²) in [6.45, 7) is 2.66. The van der Waals surface area contributed by atoms with Crippen LogP contribution < -0.4 is 5.32 Å². The lowest BCUT2D eigenvalue weighted by atomic mass is 10.0. The highest BCUT2D eigenvalue weighted by Crippen LogP contribution is 2.31. The van der Waals surface area contributed by atoms with Gasteiger partial charge >= 0.3 is 0 Å². The number of aryl methyl sites for hydroxylation is 1. The molecule has 0 aliphatic heterocycles. The van der Waals surface area contributed by atoms with Crippen LogP contribution in [0.2, 0.25) is 5.02 Å². The lowest BCUT2D eigenvalue weighted by molar-refractivity contribution is 0.529. The molecule has 0 spiro atoms. The second kappa shape index (κ2) is 6.03. The van der Waals surface area contributed by atoms with Gasteiger partial charge in [-0.1, -0.05) is 30.7 Å². The highest BCUT2D eigenvalue weighted by atomic mass is 79.9. The van der Waals surface area contributed by atoms with Crippen LogP contribution in [-0.4, -0.2) is 16.3 Å². The maximum Gasteiger partial charge on any atom is 0.142 e. The summed E-state index contributed by atoms with van der Waals surface area (Å²) in [6.07, 6.45) is 1.57. The van der Waals surface area contributed by atoms with Crippen molar-refractivity contribution in [3.05, 3.63) is 51.0 Å². The molecule has 1 aromatic carbocycles. The smallest absolute Gasteiger partial charge is 0.142 e. The van der Waals surface area contributed by atoms with Crippen LogP contribution >= 0.6 is 27.5 Å². The Hall–Kier alpha value is -0.910. The first kappa shape index (κ1) is 14.5. The van der Waals surface area contributed by atoms with E-state index < -0.39 is 0 Å². The van der Waals surface area contributed by atoms with Gasteiger partial charge in [0.15, 0.2) is 0 Å². The van der Waals surface area contributed by atoms with Gasteiger partial charge in [-0.25, -0.2) is 4.39 Å². The standard InChI is InChI=1S/C13H14BrClFN3/c1-3-17-12(13-10(15)7-18-19(13)2)8-5-4-6-9(14)11(8)16/h4-7,12,17H,3H2,1-2H3. The quantitative estimate of drug-likeness (QED) is 0.915. The monoisotopic (exact) mass is 345 g/mol. The summed E-state index contributed by atoms with van der Waals surface area (Å²) in [5.74, 6) is -0.286. The topological polar surface area (TPSA) is 29.9 Å². The second-order valence-corrected chi connectivity index (χ2v) is 5.40. The molecule has 0 amide bonds. The molecule has 2 rings (SSSR count). The van der Waals surface area contributed by atoms with Gasteiger partial charge < -0.3 is 5.32 Å². The van der Waals surface area contributed by atoms with E-state index in [1.54, 1.807) is 36.1 Å². The third-order valence-electron chi connectivity index (χ3n) is 2.91. The number of halogens is 3. The Balaban J connectivity index is 2.55. The van der Waals surface area contributed by atoms with Gasteiger partial charge in [0.05, 0.1) is 27.4 Å². The van der Waals surface area contributed by atoms with Crippen molar-refractivity contribution in [1.82, 2.24) is 15.1 Å². The van der Waals surface area contributed by atoms with Crippen molar-refractivity contribution in [3.63, 3.8) is 0 Å². The first-order valence-electron chi connectivity index (χ1n) is 5.91. The molecular weight excluding hydrogens is 333 g/mol. The van der Waals surface area contributed by atoms with Crippen LogP contribution in [0.3, 0.4) is 0 Å². The zero-order valence-electron chi connectivity index (χ0n) is 10.6. The SMILES string of the molecule is CCNC(c1cccc(Br)c1F)c1c(Cl)cnn1C. The van der Waals surface area contributed by atoms with Crippen LogP contribution in [0.15, 0.2) is 28.9 Å². The third-order valence-corrected chi connectivity index (χ3v) is 3.82. The van der Waals surface area contributed by atoms with Crippen molar-refractivity contribution < 1.29 is 4.39 Å². The summed E-state index contributed by atoms with van der Waals surface area (Å²) < 4.78 is 16.4. The van der Waals surface area contributed by atoms with Gasteiger partial charge in [0.2, 0.25) is 0 Å². The molecule has 6 heteroatoms. The predicted octanol–water partition coefficient (Wildman–Crippen LogP) is 3.67. The summed E-state index contributed by atoms with van der Waals surface area (Å²) in [5.41, 5.74) is 1.29.